The lowest BCUT2D eigenvalue weighted by molar-refractivity contribution is 0.267. The zero-order valence-corrected chi connectivity index (χ0v) is 9.20. The van der Waals surface area contributed by atoms with E-state index in [1.165, 1.54) is 11.3 Å². The van der Waals surface area contributed by atoms with Crippen LogP contribution in [-0.4, -0.2) is 24.3 Å². The van der Waals surface area contributed by atoms with Crippen LogP contribution in [0.1, 0.15) is 19.4 Å². The Bertz CT molecular complexity index is 285. The fraction of sp³-hybridized carbons (Fsp3) is 0.500. The highest BCUT2D eigenvalue weighted by molar-refractivity contribution is 5.49. The quantitative estimate of drug-likeness (QED) is 0.792. The maximum atomic E-state index is 9.13. The van der Waals surface area contributed by atoms with E-state index in [1.807, 2.05) is 6.92 Å². The molecular weight excluding hydrogens is 174 g/mol. The van der Waals surface area contributed by atoms with Crippen LogP contribution in [0.15, 0.2) is 24.3 Å². The SMILES string of the molecule is CCN(c1cccc(C)c1)C(C)CO. The van der Waals surface area contributed by atoms with Gasteiger partial charge in [0, 0.05) is 18.3 Å². The largest absolute Gasteiger partial charge is 0.394 e. The Labute approximate surface area is 86.2 Å². The van der Waals surface area contributed by atoms with Crippen molar-refractivity contribution < 1.29 is 5.11 Å². The molecule has 0 amide bonds. The van der Waals surface area contributed by atoms with Crippen LogP contribution in [0.4, 0.5) is 5.69 Å². The Kier molecular flexibility index (Phi) is 3.96. The zero-order valence-electron chi connectivity index (χ0n) is 9.20. The van der Waals surface area contributed by atoms with Crippen LogP contribution in [0.3, 0.4) is 0 Å². The summed E-state index contributed by atoms with van der Waals surface area (Å²) in [6, 6.07) is 8.55. The third-order valence-electron chi connectivity index (χ3n) is 2.47. The first kappa shape index (κ1) is 11.1. The molecule has 1 aromatic carbocycles. The van der Waals surface area contributed by atoms with Gasteiger partial charge in [0.15, 0.2) is 0 Å². The predicted molar refractivity (Wildman–Crippen MR) is 60.7 cm³/mol. The molecule has 1 aromatic rings. The van der Waals surface area contributed by atoms with Crippen molar-refractivity contribution in [2.75, 3.05) is 18.1 Å². The number of hydrogen-bond donors (Lipinski definition) is 1. The summed E-state index contributed by atoms with van der Waals surface area (Å²) in [4.78, 5) is 2.20. The van der Waals surface area contributed by atoms with E-state index >= 15 is 0 Å². The monoisotopic (exact) mass is 193 g/mol. The van der Waals surface area contributed by atoms with Gasteiger partial charge < -0.3 is 10.0 Å². The van der Waals surface area contributed by atoms with E-state index in [0.29, 0.717) is 0 Å². The lowest BCUT2D eigenvalue weighted by Gasteiger charge is -2.29. The summed E-state index contributed by atoms with van der Waals surface area (Å²) in [6.07, 6.45) is 0. The standard InChI is InChI=1S/C12H19NO/c1-4-13(11(3)9-14)12-7-5-6-10(2)8-12/h5-8,11,14H,4,9H2,1-3H3. The van der Waals surface area contributed by atoms with Crippen molar-refractivity contribution >= 4 is 5.69 Å². The van der Waals surface area contributed by atoms with Gasteiger partial charge >= 0.3 is 0 Å². The maximum Gasteiger partial charge on any atom is 0.0632 e. The minimum absolute atomic E-state index is 0.182. The van der Waals surface area contributed by atoms with Crippen molar-refractivity contribution in [1.29, 1.82) is 0 Å². The average Bonchev–Trinajstić information content (AvgIpc) is 2.19. The molecule has 0 aliphatic carbocycles. The Morgan fingerprint density at radius 3 is 2.64 bits per heavy atom. The second-order valence-electron chi connectivity index (χ2n) is 3.66. The molecule has 0 saturated heterocycles. The van der Waals surface area contributed by atoms with Crippen LogP contribution in [-0.2, 0) is 0 Å². The van der Waals surface area contributed by atoms with Crippen LogP contribution in [0, 0.1) is 6.92 Å². The Morgan fingerprint density at radius 1 is 1.43 bits per heavy atom. The molecule has 78 valence electrons. The van der Waals surface area contributed by atoms with Crippen molar-refractivity contribution in [2.45, 2.75) is 26.8 Å². The molecule has 2 heteroatoms. The van der Waals surface area contributed by atoms with Crippen LogP contribution in [0.2, 0.25) is 0 Å². The average molecular weight is 193 g/mol. The topological polar surface area (TPSA) is 23.5 Å². The molecule has 1 unspecified atom stereocenters. The lowest BCUT2D eigenvalue weighted by atomic mass is 10.2. The summed E-state index contributed by atoms with van der Waals surface area (Å²) in [5, 5.41) is 9.13. The number of aliphatic hydroxyl groups excluding tert-OH is 1. The summed E-state index contributed by atoms with van der Waals surface area (Å²) in [7, 11) is 0. The molecule has 0 spiro atoms. The summed E-state index contributed by atoms with van der Waals surface area (Å²) >= 11 is 0. The van der Waals surface area contributed by atoms with E-state index in [4.69, 9.17) is 5.11 Å². The van der Waals surface area contributed by atoms with Crippen molar-refractivity contribution in [2.24, 2.45) is 0 Å². The molecule has 2 nitrogen and oxygen atoms in total. The van der Waals surface area contributed by atoms with Gasteiger partial charge in [-0.25, -0.2) is 0 Å². The third-order valence-corrected chi connectivity index (χ3v) is 2.47. The first-order valence-corrected chi connectivity index (χ1v) is 5.13. The van der Waals surface area contributed by atoms with E-state index in [1.54, 1.807) is 0 Å². The molecule has 1 rings (SSSR count). The molecule has 0 heterocycles. The second-order valence-corrected chi connectivity index (χ2v) is 3.66. The van der Waals surface area contributed by atoms with Crippen LogP contribution in [0.5, 0.6) is 0 Å². The van der Waals surface area contributed by atoms with Gasteiger partial charge in [0.2, 0.25) is 0 Å². The normalized spacial score (nSPS) is 12.6. The van der Waals surface area contributed by atoms with Gasteiger partial charge in [-0.05, 0) is 38.5 Å². The molecule has 0 radical (unpaired) electrons. The maximum absolute atomic E-state index is 9.13. The Balaban J connectivity index is 2.89. The first-order chi connectivity index (χ1) is 6.69. The predicted octanol–water partition coefficient (Wildman–Crippen LogP) is 2.20. The molecule has 0 saturated carbocycles. The summed E-state index contributed by atoms with van der Waals surface area (Å²) in [5.41, 5.74) is 2.44. The molecule has 0 aliphatic rings. The summed E-state index contributed by atoms with van der Waals surface area (Å²) < 4.78 is 0. The summed E-state index contributed by atoms with van der Waals surface area (Å²) in [5.74, 6) is 0. The number of rotatable bonds is 4. The summed E-state index contributed by atoms with van der Waals surface area (Å²) in [6.45, 7) is 7.34. The van der Waals surface area contributed by atoms with Gasteiger partial charge in [-0.2, -0.15) is 0 Å². The van der Waals surface area contributed by atoms with Gasteiger partial charge in [-0.3, -0.25) is 0 Å². The fourth-order valence-electron chi connectivity index (χ4n) is 1.65. The second kappa shape index (κ2) is 5.01. The number of aryl methyl sites for hydroxylation is 1. The number of likely N-dealkylation sites (N-methyl/N-ethyl adjacent to an activating group) is 1. The molecular formula is C12H19NO. The smallest absolute Gasteiger partial charge is 0.0632 e. The van der Waals surface area contributed by atoms with Crippen molar-refractivity contribution in [3.8, 4) is 0 Å². The highest BCUT2D eigenvalue weighted by Gasteiger charge is 2.10. The molecule has 0 bridgehead atoms. The Morgan fingerprint density at radius 2 is 2.14 bits per heavy atom. The van der Waals surface area contributed by atoms with Crippen LogP contribution < -0.4 is 4.90 Å². The highest BCUT2D eigenvalue weighted by Crippen LogP contribution is 2.17. The van der Waals surface area contributed by atoms with Crippen LogP contribution >= 0.6 is 0 Å². The number of aliphatic hydroxyl groups is 1. The highest BCUT2D eigenvalue weighted by atomic mass is 16.3. The molecule has 14 heavy (non-hydrogen) atoms. The minimum Gasteiger partial charge on any atom is -0.394 e. The molecule has 0 fully saturated rings. The molecule has 1 N–H and O–H groups in total. The van der Waals surface area contributed by atoms with Gasteiger partial charge in [-0.15, -0.1) is 0 Å². The zero-order chi connectivity index (χ0) is 10.6. The first-order valence-electron chi connectivity index (χ1n) is 5.13. The molecule has 0 aliphatic heterocycles. The van der Waals surface area contributed by atoms with E-state index in [0.717, 1.165) is 6.54 Å². The van der Waals surface area contributed by atoms with E-state index in [2.05, 4.69) is 43.0 Å². The van der Waals surface area contributed by atoms with Crippen molar-refractivity contribution in [1.82, 2.24) is 0 Å². The number of anilines is 1. The number of nitrogens with zero attached hydrogens (tertiary/aromatic N) is 1. The van der Waals surface area contributed by atoms with Gasteiger partial charge in [0.1, 0.15) is 0 Å². The van der Waals surface area contributed by atoms with E-state index in [9.17, 15) is 0 Å². The third kappa shape index (κ3) is 2.48. The minimum atomic E-state index is 0.182. The lowest BCUT2D eigenvalue weighted by Crippen LogP contribution is -2.35. The number of benzene rings is 1. The molecule has 0 aromatic heterocycles. The van der Waals surface area contributed by atoms with Crippen molar-refractivity contribution in [3.63, 3.8) is 0 Å². The van der Waals surface area contributed by atoms with E-state index in [-0.39, 0.29) is 12.6 Å². The van der Waals surface area contributed by atoms with Crippen LogP contribution in [0.25, 0.3) is 0 Å². The van der Waals surface area contributed by atoms with Gasteiger partial charge in [-0.1, -0.05) is 12.1 Å². The van der Waals surface area contributed by atoms with Gasteiger partial charge in [0.05, 0.1) is 6.61 Å². The molecule has 1 atom stereocenters. The Hall–Kier alpha value is -1.02. The van der Waals surface area contributed by atoms with E-state index < -0.39 is 0 Å². The fourth-order valence-corrected chi connectivity index (χ4v) is 1.65. The van der Waals surface area contributed by atoms with Gasteiger partial charge in [0.25, 0.3) is 0 Å². The number of hydrogen-bond acceptors (Lipinski definition) is 2. The van der Waals surface area contributed by atoms with Crippen molar-refractivity contribution in [3.05, 3.63) is 29.8 Å².